The molecule has 1 unspecified atom stereocenters. The lowest BCUT2D eigenvalue weighted by Gasteiger charge is -2.12. The molecular weight excluding hydrogens is 266 g/mol. The van der Waals surface area contributed by atoms with Gasteiger partial charge in [-0.2, -0.15) is 5.10 Å². The van der Waals surface area contributed by atoms with Crippen LogP contribution >= 0.6 is 0 Å². The van der Waals surface area contributed by atoms with Crippen LogP contribution in [0.3, 0.4) is 0 Å². The SMILES string of the molecule is CCn1cc(C(=O)NC(C)CC(=O)c2ccccc2)cn1. The number of nitrogens with zero attached hydrogens (tertiary/aromatic N) is 2. The summed E-state index contributed by atoms with van der Waals surface area (Å²) in [5, 5.41) is 6.88. The summed E-state index contributed by atoms with van der Waals surface area (Å²) in [5.41, 5.74) is 1.17. The zero-order chi connectivity index (χ0) is 15.2. The van der Waals surface area contributed by atoms with E-state index in [1.165, 1.54) is 6.20 Å². The fourth-order valence-corrected chi connectivity index (χ4v) is 2.03. The van der Waals surface area contributed by atoms with Gasteiger partial charge in [0.1, 0.15) is 0 Å². The largest absolute Gasteiger partial charge is 0.349 e. The predicted molar refractivity (Wildman–Crippen MR) is 80.2 cm³/mol. The van der Waals surface area contributed by atoms with Crippen molar-refractivity contribution in [2.24, 2.45) is 0 Å². The molecule has 0 aliphatic carbocycles. The number of nitrogens with one attached hydrogen (secondary N) is 1. The highest BCUT2D eigenvalue weighted by atomic mass is 16.2. The predicted octanol–water partition coefficient (Wildman–Crippen LogP) is 2.29. The number of amides is 1. The average Bonchev–Trinajstić information content (AvgIpc) is 2.97. The van der Waals surface area contributed by atoms with Crippen LogP contribution in [0.2, 0.25) is 0 Å². The topological polar surface area (TPSA) is 64.0 Å². The van der Waals surface area contributed by atoms with E-state index >= 15 is 0 Å². The minimum Gasteiger partial charge on any atom is -0.349 e. The zero-order valence-corrected chi connectivity index (χ0v) is 12.2. The summed E-state index contributed by atoms with van der Waals surface area (Å²) in [7, 11) is 0. The van der Waals surface area contributed by atoms with Crippen LogP contribution in [0.1, 0.15) is 41.0 Å². The van der Waals surface area contributed by atoms with Crippen molar-refractivity contribution in [1.29, 1.82) is 0 Å². The van der Waals surface area contributed by atoms with Gasteiger partial charge in [-0.25, -0.2) is 0 Å². The van der Waals surface area contributed by atoms with Crippen LogP contribution in [0, 0.1) is 0 Å². The lowest BCUT2D eigenvalue weighted by Crippen LogP contribution is -2.34. The smallest absolute Gasteiger partial charge is 0.254 e. The Bertz CT molecular complexity index is 619. The molecule has 1 aromatic carbocycles. The van der Waals surface area contributed by atoms with Gasteiger partial charge in [-0.1, -0.05) is 30.3 Å². The highest BCUT2D eigenvalue weighted by Crippen LogP contribution is 2.06. The molecule has 5 heteroatoms. The van der Waals surface area contributed by atoms with E-state index in [-0.39, 0.29) is 24.2 Å². The molecule has 110 valence electrons. The number of rotatable bonds is 6. The Morgan fingerprint density at radius 2 is 1.95 bits per heavy atom. The van der Waals surface area contributed by atoms with E-state index in [1.54, 1.807) is 23.0 Å². The third-order valence-electron chi connectivity index (χ3n) is 3.18. The molecule has 1 amide bonds. The molecule has 0 aliphatic heterocycles. The normalized spacial score (nSPS) is 11.9. The molecule has 0 spiro atoms. The van der Waals surface area contributed by atoms with Crippen LogP contribution in [0.4, 0.5) is 0 Å². The lowest BCUT2D eigenvalue weighted by molar-refractivity contribution is 0.0918. The number of benzene rings is 1. The summed E-state index contributed by atoms with van der Waals surface area (Å²) < 4.78 is 1.69. The summed E-state index contributed by atoms with van der Waals surface area (Å²) in [5.74, 6) is -0.185. The summed E-state index contributed by atoms with van der Waals surface area (Å²) in [4.78, 5) is 24.1. The molecule has 0 fully saturated rings. The summed E-state index contributed by atoms with van der Waals surface area (Å²) in [6.45, 7) is 4.49. The number of ketones is 1. The van der Waals surface area contributed by atoms with E-state index in [0.29, 0.717) is 11.1 Å². The van der Waals surface area contributed by atoms with Crippen molar-refractivity contribution in [3.05, 3.63) is 53.9 Å². The van der Waals surface area contributed by atoms with Crippen LogP contribution in [0.15, 0.2) is 42.7 Å². The van der Waals surface area contributed by atoms with Crippen LogP contribution in [0.25, 0.3) is 0 Å². The van der Waals surface area contributed by atoms with Gasteiger partial charge in [-0.05, 0) is 13.8 Å². The van der Waals surface area contributed by atoms with Crippen LogP contribution in [-0.2, 0) is 6.54 Å². The number of Topliss-reactive ketones (excluding diaryl/α,β-unsaturated/α-hetero) is 1. The number of hydrogen-bond acceptors (Lipinski definition) is 3. The van der Waals surface area contributed by atoms with Crippen molar-refractivity contribution in [2.45, 2.75) is 32.9 Å². The first-order valence-electron chi connectivity index (χ1n) is 7.01. The van der Waals surface area contributed by atoms with Gasteiger partial charge in [0.2, 0.25) is 0 Å². The van der Waals surface area contributed by atoms with E-state index in [2.05, 4.69) is 10.4 Å². The van der Waals surface area contributed by atoms with Crippen molar-refractivity contribution in [1.82, 2.24) is 15.1 Å². The highest BCUT2D eigenvalue weighted by molar-refractivity contribution is 5.97. The summed E-state index contributed by atoms with van der Waals surface area (Å²) in [6, 6.07) is 8.86. The fraction of sp³-hybridized carbons (Fsp3) is 0.312. The van der Waals surface area contributed by atoms with Gasteiger partial charge in [0.15, 0.2) is 5.78 Å². The molecule has 1 atom stereocenters. The quantitative estimate of drug-likeness (QED) is 0.828. The molecule has 1 aromatic heterocycles. The molecule has 21 heavy (non-hydrogen) atoms. The standard InChI is InChI=1S/C16H19N3O2/c1-3-19-11-14(10-17-19)16(21)18-12(2)9-15(20)13-7-5-4-6-8-13/h4-8,10-12H,3,9H2,1-2H3,(H,18,21). The van der Waals surface area contributed by atoms with Crippen LogP contribution < -0.4 is 5.32 Å². The third kappa shape index (κ3) is 4.02. The first-order valence-corrected chi connectivity index (χ1v) is 7.01. The van der Waals surface area contributed by atoms with Gasteiger partial charge in [-0.3, -0.25) is 14.3 Å². The Balaban J connectivity index is 1.91. The maximum atomic E-state index is 12.1. The van der Waals surface area contributed by atoms with Crippen LogP contribution in [0.5, 0.6) is 0 Å². The van der Waals surface area contributed by atoms with E-state index in [0.717, 1.165) is 6.54 Å². The van der Waals surface area contributed by atoms with E-state index in [1.807, 2.05) is 32.0 Å². The number of carbonyl (C=O) groups is 2. The van der Waals surface area contributed by atoms with Gasteiger partial charge in [0, 0.05) is 30.8 Å². The molecule has 0 radical (unpaired) electrons. The minimum atomic E-state index is -0.227. The van der Waals surface area contributed by atoms with Crippen molar-refractivity contribution in [2.75, 3.05) is 0 Å². The lowest BCUT2D eigenvalue weighted by atomic mass is 10.0. The Kier molecular flexibility index (Phi) is 4.87. The second-order valence-electron chi connectivity index (χ2n) is 4.95. The average molecular weight is 285 g/mol. The highest BCUT2D eigenvalue weighted by Gasteiger charge is 2.15. The van der Waals surface area contributed by atoms with E-state index < -0.39 is 0 Å². The molecule has 1 heterocycles. The Hall–Kier alpha value is -2.43. The third-order valence-corrected chi connectivity index (χ3v) is 3.18. The Morgan fingerprint density at radius 1 is 1.24 bits per heavy atom. The van der Waals surface area contributed by atoms with Gasteiger partial charge < -0.3 is 5.32 Å². The fourth-order valence-electron chi connectivity index (χ4n) is 2.03. The van der Waals surface area contributed by atoms with Gasteiger partial charge >= 0.3 is 0 Å². The molecule has 2 rings (SSSR count). The molecule has 0 aliphatic rings. The van der Waals surface area contributed by atoms with Gasteiger partial charge in [0.05, 0.1) is 11.8 Å². The number of aryl methyl sites for hydroxylation is 1. The molecule has 1 N–H and O–H groups in total. The molecule has 0 saturated heterocycles. The number of carbonyl (C=O) groups excluding carboxylic acids is 2. The van der Waals surface area contributed by atoms with Crippen molar-refractivity contribution in [3.63, 3.8) is 0 Å². The van der Waals surface area contributed by atoms with Crippen LogP contribution in [-0.4, -0.2) is 27.5 Å². The van der Waals surface area contributed by atoms with E-state index in [4.69, 9.17) is 0 Å². The molecular formula is C16H19N3O2. The maximum absolute atomic E-state index is 12.1. The van der Waals surface area contributed by atoms with Gasteiger partial charge in [0.25, 0.3) is 5.91 Å². The second kappa shape index (κ2) is 6.83. The summed E-state index contributed by atoms with van der Waals surface area (Å²) >= 11 is 0. The molecule has 2 aromatic rings. The summed E-state index contributed by atoms with van der Waals surface area (Å²) in [6.07, 6.45) is 3.50. The Labute approximate surface area is 124 Å². The van der Waals surface area contributed by atoms with Crippen molar-refractivity contribution < 1.29 is 9.59 Å². The Morgan fingerprint density at radius 3 is 2.57 bits per heavy atom. The van der Waals surface area contributed by atoms with Crippen molar-refractivity contribution >= 4 is 11.7 Å². The van der Waals surface area contributed by atoms with E-state index in [9.17, 15) is 9.59 Å². The molecule has 0 saturated carbocycles. The zero-order valence-electron chi connectivity index (χ0n) is 12.2. The van der Waals surface area contributed by atoms with Crippen molar-refractivity contribution in [3.8, 4) is 0 Å². The monoisotopic (exact) mass is 285 g/mol. The number of hydrogen-bond donors (Lipinski definition) is 1. The second-order valence-corrected chi connectivity index (χ2v) is 4.95. The molecule has 5 nitrogen and oxygen atoms in total. The van der Waals surface area contributed by atoms with Gasteiger partial charge in [-0.15, -0.1) is 0 Å². The first kappa shape index (κ1) is 15.0. The first-order chi connectivity index (χ1) is 10.1. The number of aromatic nitrogens is 2. The molecule has 0 bridgehead atoms. The minimum absolute atomic E-state index is 0.0210. The maximum Gasteiger partial charge on any atom is 0.254 e.